The number of fused-ring (bicyclic) bond motifs is 1. The largest absolute Gasteiger partial charge is 0.494 e. The van der Waals surface area contributed by atoms with E-state index in [1.54, 1.807) is 43.5 Å². The molecule has 19 heteroatoms. The lowest BCUT2D eigenvalue weighted by molar-refractivity contribution is -0.144. The first-order valence-corrected chi connectivity index (χ1v) is 17.6. The van der Waals surface area contributed by atoms with Crippen molar-refractivity contribution in [2.45, 2.75) is 38.8 Å². The molecule has 0 unspecified atom stereocenters. The Morgan fingerprint density at radius 3 is 2.58 bits per heavy atom. The van der Waals surface area contributed by atoms with E-state index in [0.29, 0.717) is 46.7 Å². The number of para-hydroxylation sites is 1. The molecule has 0 fully saturated rings. The van der Waals surface area contributed by atoms with Crippen molar-refractivity contribution in [3.8, 4) is 23.0 Å². The van der Waals surface area contributed by atoms with Crippen LogP contribution in [0.3, 0.4) is 0 Å². The Balaban J connectivity index is 1.26. The van der Waals surface area contributed by atoms with Crippen molar-refractivity contribution >= 4 is 51.8 Å². The Hall–Kier alpha value is -6.14. The number of amides is 1. The van der Waals surface area contributed by atoms with Crippen LogP contribution in [-0.2, 0) is 20.9 Å². The van der Waals surface area contributed by atoms with Gasteiger partial charge in [-0.3, -0.25) is 24.2 Å². The number of nitrogens with zero attached hydrogens (tertiary/aromatic N) is 6. The summed E-state index contributed by atoms with van der Waals surface area (Å²) in [5, 5.41) is 11.2. The standard InChI is InChI=1S/C36H40ClF2N11O5/c1-2-53-21-15-25(38)23(26(39)16-21)20-50-29-9-4-3-7-22(29)32(49-50)34-45-18-30(33(48-34)47-28-10-12-43-17-24(28)37)54-13-6-14-55-31(51)19-46-35(52)27(40)8-5-11-44-36(41)42/h3-4,7,9-10,12,15-18,27H,2,5-6,8,11,13-14,19-20,40H2,1H3,(H,46,52)(H4,41,42,44)(H,43,45,47,48)/t27-/m0/s1. The van der Waals surface area contributed by atoms with Crippen LogP contribution in [0.5, 0.6) is 11.5 Å². The maximum absolute atomic E-state index is 15.1. The van der Waals surface area contributed by atoms with Crippen LogP contribution in [0.1, 0.15) is 31.7 Å². The Bertz CT molecular complexity index is 2130. The monoisotopic (exact) mass is 779 g/mol. The molecule has 55 heavy (non-hydrogen) atoms. The zero-order valence-corrected chi connectivity index (χ0v) is 30.6. The number of rotatable bonds is 19. The molecule has 0 aliphatic carbocycles. The predicted molar refractivity (Wildman–Crippen MR) is 202 cm³/mol. The summed E-state index contributed by atoms with van der Waals surface area (Å²) in [6, 6.07) is 10.3. The van der Waals surface area contributed by atoms with Gasteiger partial charge in [0.15, 0.2) is 23.4 Å². The second-order valence-corrected chi connectivity index (χ2v) is 12.3. The van der Waals surface area contributed by atoms with Crippen molar-refractivity contribution in [1.29, 1.82) is 0 Å². The number of nitrogens with one attached hydrogen (secondary N) is 2. The van der Waals surface area contributed by atoms with E-state index in [-0.39, 0.29) is 74.0 Å². The molecule has 8 N–H and O–H groups in total. The lowest BCUT2D eigenvalue weighted by Gasteiger charge is -2.14. The topological polar surface area (TPSA) is 233 Å². The molecule has 1 atom stereocenters. The Morgan fingerprint density at radius 1 is 1.05 bits per heavy atom. The van der Waals surface area contributed by atoms with Crippen molar-refractivity contribution in [2.24, 2.45) is 22.2 Å². The third-order valence-corrected chi connectivity index (χ3v) is 8.21. The zero-order valence-electron chi connectivity index (χ0n) is 29.8. The molecule has 5 rings (SSSR count). The van der Waals surface area contributed by atoms with Crippen molar-refractivity contribution in [2.75, 3.05) is 38.2 Å². The summed E-state index contributed by atoms with van der Waals surface area (Å²) in [5.74, 6) is -1.98. The number of hydrogen-bond donors (Lipinski definition) is 5. The molecule has 16 nitrogen and oxygen atoms in total. The fourth-order valence-corrected chi connectivity index (χ4v) is 5.41. The first kappa shape index (κ1) is 40.1. The summed E-state index contributed by atoms with van der Waals surface area (Å²) in [6.45, 7) is 1.84. The summed E-state index contributed by atoms with van der Waals surface area (Å²) in [5.41, 5.74) is 17.6. The molecule has 290 valence electrons. The van der Waals surface area contributed by atoms with Crippen molar-refractivity contribution in [3.05, 3.63) is 83.3 Å². The van der Waals surface area contributed by atoms with Crippen LogP contribution in [0.25, 0.3) is 22.4 Å². The van der Waals surface area contributed by atoms with Crippen molar-refractivity contribution in [3.63, 3.8) is 0 Å². The fraction of sp³-hybridized carbons (Fsp3) is 0.306. The van der Waals surface area contributed by atoms with Gasteiger partial charge in [0.2, 0.25) is 5.91 Å². The third kappa shape index (κ3) is 11.0. The van der Waals surface area contributed by atoms with Crippen LogP contribution in [0, 0.1) is 11.6 Å². The van der Waals surface area contributed by atoms with E-state index in [4.69, 9.17) is 48.0 Å². The molecule has 1 amide bonds. The molecule has 0 radical (unpaired) electrons. The third-order valence-electron chi connectivity index (χ3n) is 7.90. The number of hydrogen-bond acceptors (Lipinski definition) is 12. The number of carbonyl (C=O) groups excluding carboxylic acids is 2. The van der Waals surface area contributed by atoms with E-state index in [1.807, 2.05) is 0 Å². The van der Waals surface area contributed by atoms with Crippen LogP contribution >= 0.6 is 11.6 Å². The number of pyridine rings is 1. The molecule has 0 saturated carbocycles. The molecule has 0 spiro atoms. The Morgan fingerprint density at radius 2 is 1.84 bits per heavy atom. The molecule has 3 aromatic heterocycles. The molecule has 0 saturated heterocycles. The summed E-state index contributed by atoms with van der Waals surface area (Å²) in [7, 11) is 0. The smallest absolute Gasteiger partial charge is 0.325 e. The molecule has 0 aliphatic heterocycles. The van der Waals surface area contributed by atoms with E-state index in [0.717, 1.165) is 12.1 Å². The lowest BCUT2D eigenvalue weighted by atomic mass is 10.1. The van der Waals surface area contributed by atoms with Crippen LogP contribution in [-0.4, -0.2) is 81.5 Å². The molecule has 0 bridgehead atoms. The van der Waals surface area contributed by atoms with Gasteiger partial charge in [0.05, 0.1) is 54.8 Å². The van der Waals surface area contributed by atoms with Crippen LogP contribution in [0.4, 0.5) is 20.3 Å². The van der Waals surface area contributed by atoms with E-state index < -0.39 is 29.6 Å². The van der Waals surface area contributed by atoms with Crippen molar-refractivity contribution < 1.29 is 32.6 Å². The Kier molecular flexibility index (Phi) is 14.0. The number of aromatic nitrogens is 5. The van der Waals surface area contributed by atoms with Gasteiger partial charge in [-0.25, -0.2) is 18.7 Å². The van der Waals surface area contributed by atoms with Gasteiger partial charge in [-0.1, -0.05) is 29.8 Å². The SMILES string of the molecule is CCOc1cc(F)c(Cn2nc(-c3ncc(OCCCOC(=O)CNC(=O)[C@@H](N)CCCN=C(N)N)c(Nc4ccncc4Cl)n3)c3ccccc32)c(F)c1. The highest BCUT2D eigenvalue weighted by atomic mass is 35.5. The molecular weight excluding hydrogens is 740 g/mol. The molecular formula is C36H40ClF2N11O5. The number of aliphatic imine (C=N–C) groups is 1. The van der Waals surface area contributed by atoms with Gasteiger partial charge in [-0.15, -0.1) is 0 Å². The van der Waals surface area contributed by atoms with Crippen molar-refractivity contribution in [1.82, 2.24) is 30.0 Å². The second kappa shape index (κ2) is 19.3. The zero-order chi connectivity index (χ0) is 39.3. The average Bonchev–Trinajstić information content (AvgIpc) is 3.53. The van der Waals surface area contributed by atoms with Gasteiger partial charge in [0.1, 0.15) is 29.6 Å². The minimum Gasteiger partial charge on any atom is -0.494 e. The summed E-state index contributed by atoms with van der Waals surface area (Å²) in [4.78, 5) is 41.5. The van der Waals surface area contributed by atoms with Gasteiger partial charge < -0.3 is 42.0 Å². The van der Waals surface area contributed by atoms with E-state index in [2.05, 4.69) is 30.7 Å². The number of carbonyl (C=O) groups is 2. The van der Waals surface area contributed by atoms with Crippen LogP contribution in [0.2, 0.25) is 5.02 Å². The summed E-state index contributed by atoms with van der Waals surface area (Å²) in [6.07, 6.45) is 5.56. The van der Waals surface area contributed by atoms with Crippen LogP contribution < -0.4 is 37.3 Å². The second-order valence-electron chi connectivity index (χ2n) is 11.9. The molecule has 0 aliphatic rings. The molecule has 5 aromatic rings. The highest BCUT2D eigenvalue weighted by Gasteiger charge is 2.21. The highest BCUT2D eigenvalue weighted by molar-refractivity contribution is 6.33. The van der Waals surface area contributed by atoms with E-state index >= 15 is 8.78 Å². The van der Waals surface area contributed by atoms with E-state index in [1.165, 1.54) is 17.1 Å². The first-order valence-electron chi connectivity index (χ1n) is 17.2. The quantitative estimate of drug-likeness (QED) is 0.0348. The van der Waals surface area contributed by atoms with Gasteiger partial charge in [-0.2, -0.15) is 5.10 Å². The van der Waals surface area contributed by atoms with Gasteiger partial charge in [0, 0.05) is 48.4 Å². The van der Waals surface area contributed by atoms with Crippen LogP contribution in [0.15, 0.2) is 66.0 Å². The highest BCUT2D eigenvalue weighted by Crippen LogP contribution is 2.33. The molecule has 2 aromatic carbocycles. The number of halogens is 3. The first-order chi connectivity index (χ1) is 26.5. The number of anilines is 2. The number of ether oxygens (including phenoxy) is 3. The number of esters is 1. The van der Waals surface area contributed by atoms with E-state index in [9.17, 15) is 9.59 Å². The minimum atomic E-state index is -0.832. The summed E-state index contributed by atoms with van der Waals surface area (Å²) >= 11 is 6.38. The predicted octanol–water partition coefficient (Wildman–Crippen LogP) is 3.82. The van der Waals surface area contributed by atoms with Gasteiger partial charge in [-0.05, 0) is 31.9 Å². The normalized spacial score (nSPS) is 11.5. The minimum absolute atomic E-state index is 0.00384. The maximum Gasteiger partial charge on any atom is 0.325 e. The number of benzene rings is 2. The summed E-state index contributed by atoms with van der Waals surface area (Å²) < 4.78 is 48.0. The van der Waals surface area contributed by atoms with Gasteiger partial charge >= 0.3 is 5.97 Å². The number of nitrogens with two attached hydrogens (primary N) is 3. The molecule has 3 heterocycles. The lowest BCUT2D eigenvalue weighted by Crippen LogP contribution is -2.43. The van der Waals surface area contributed by atoms with Gasteiger partial charge in [0.25, 0.3) is 0 Å². The maximum atomic E-state index is 15.1. The fourth-order valence-electron chi connectivity index (χ4n) is 5.25. The Labute approximate surface area is 319 Å². The average molecular weight is 780 g/mol. The number of guanidine groups is 1.